The van der Waals surface area contributed by atoms with Gasteiger partial charge in [0.1, 0.15) is 5.76 Å². The van der Waals surface area contributed by atoms with Crippen molar-refractivity contribution >= 4 is 0 Å². The topological polar surface area (TPSA) is 72.3 Å². The minimum absolute atomic E-state index is 0.197. The first-order valence-electron chi connectivity index (χ1n) is 3.47. The third-order valence-corrected chi connectivity index (χ3v) is 1.65. The first-order valence-corrected chi connectivity index (χ1v) is 3.47. The maximum atomic E-state index is 9.35. The Morgan fingerprint density at radius 1 is 1.64 bits per heavy atom. The Morgan fingerprint density at radius 3 is 2.64 bits per heavy atom. The fourth-order valence-corrected chi connectivity index (χ4v) is 1.08. The lowest BCUT2D eigenvalue weighted by Gasteiger charge is -2.05. The normalized spacial score (nSPS) is 13.5. The molecule has 1 aromatic heterocycles. The number of aromatic nitrogens is 1. The van der Waals surface area contributed by atoms with Gasteiger partial charge in [-0.15, -0.1) is 0 Å². The molecule has 1 rings (SSSR count). The average Bonchev–Trinajstić information content (AvgIpc) is 2.30. The third kappa shape index (κ3) is 1.41. The van der Waals surface area contributed by atoms with Gasteiger partial charge in [0.15, 0.2) is 0 Å². The van der Waals surface area contributed by atoms with Gasteiger partial charge in [-0.1, -0.05) is 5.16 Å². The smallest absolute Gasteiger partial charge is 0.139 e. The molecule has 4 nitrogen and oxygen atoms in total. The molecule has 4 heteroatoms. The van der Waals surface area contributed by atoms with Gasteiger partial charge in [-0.05, 0) is 13.8 Å². The van der Waals surface area contributed by atoms with Crippen LogP contribution in [0.5, 0.6) is 0 Å². The predicted octanol–water partition coefficient (Wildman–Crippen LogP) is 0.284. The summed E-state index contributed by atoms with van der Waals surface area (Å²) in [5.41, 5.74) is 6.71. The van der Waals surface area contributed by atoms with Crippen molar-refractivity contribution in [3.8, 4) is 0 Å². The summed E-state index contributed by atoms with van der Waals surface area (Å²) in [5.74, 6) is 0.639. The Hall–Kier alpha value is -0.870. The zero-order valence-electron chi connectivity index (χ0n) is 6.66. The van der Waals surface area contributed by atoms with Crippen LogP contribution in [0.25, 0.3) is 0 Å². The van der Waals surface area contributed by atoms with Crippen molar-refractivity contribution < 1.29 is 9.63 Å². The van der Waals surface area contributed by atoms with Crippen LogP contribution in [0.15, 0.2) is 4.52 Å². The zero-order valence-corrected chi connectivity index (χ0v) is 6.66. The molecule has 0 saturated heterocycles. The molecule has 0 bridgehead atoms. The Labute approximate surface area is 65.0 Å². The first-order chi connectivity index (χ1) is 5.16. The second-order valence-electron chi connectivity index (χ2n) is 2.49. The van der Waals surface area contributed by atoms with E-state index in [1.807, 2.05) is 0 Å². The lowest BCUT2D eigenvalue weighted by molar-refractivity contribution is 0.184. The lowest BCUT2D eigenvalue weighted by atomic mass is 10.1. The second-order valence-corrected chi connectivity index (χ2v) is 2.49. The SMILES string of the molecule is Cc1noc(C)c1C(O)CN. The Morgan fingerprint density at radius 2 is 2.27 bits per heavy atom. The molecule has 0 amide bonds. The van der Waals surface area contributed by atoms with Crippen LogP contribution in [0.4, 0.5) is 0 Å². The largest absolute Gasteiger partial charge is 0.387 e. The summed E-state index contributed by atoms with van der Waals surface area (Å²) in [5, 5.41) is 13.0. The van der Waals surface area contributed by atoms with Crippen LogP contribution in [0.2, 0.25) is 0 Å². The van der Waals surface area contributed by atoms with Gasteiger partial charge in [0, 0.05) is 12.1 Å². The van der Waals surface area contributed by atoms with Crippen molar-refractivity contribution in [2.75, 3.05) is 6.54 Å². The van der Waals surface area contributed by atoms with Crippen molar-refractivity contribution in [2.24, 2.45) is 5.73 Å². The molecule has 0 radical (unpaired) electrons. The van der Waals surface area contributed by atoms with Crippen LogP contribution in [0.1, 0.15) is 23.1 Å². The number of nitrogens with zero attached hydrogens (tertiary/aromatic N) is 1. The average molecular weight is 156 g/mol. The molecule has 62 valence electrons. The number of hydrogen-bond donors (Lipinski definition) is 2. The van der Waals surface area contributed by atoms with Crippen LogP contribution in [-0.4, -0.2) is 16.8 Å². The molecule has 1 aromatic rings. The fraction of sp³-hybridized carbons (Fsp3) is 0.571. The number of hydrogen-bond acceptors (Lipinski definition) is 4. The van der Waals surface area contributed by atoms with E-state index in [1.165, 1.54) is 0 Å². The molecule has 0 fully saturated rings. The highest BCUT2D eigenvalue weighted by Gasteiger charge is 2.15. The number of nitrogens with two attached hydrogens (primary N) is 1. The van der Waals surface area contributed by atoms with Crippen LogP contribution in [0, 0.1) is 13.8 Å². The minimum atomic E-state index is -0.652. The maximum absolute atomic E-state index is 9.35. The Bertz CT molecular complexity index is 225. The van der Waals surface area contributed by atoms with Gasteiger partial charge in [0.2, 0.25) is 0 Å². The monoisotopic (exact) mass is 156 g/mol. The van der Waals surface area contributed by atoms with Crippen molar-refractivity contribution in [1.82, 2.24) is 5.16 Å². The van der Waals surface area contributed by atoms with Crippen LogP contribution in [0.3, 0.4) is 0 Å². The van der Waals surface area contributed by atoms with Crippen molar-refractivity contribution in [2.45, 2.75) is 20.0 Å². The molecular formula is C7H12N2O2. The van der Waals surface area contributed by atoms with E-state index in [4.69, 9.17) is 10.3 Å². The highest BCUT2D eigenvalue weighted by molar-refractivity contribution is 5.23. The number of aryl methyl sites for hydroxylation is 2. The van der Waals surface area contributed by atoms with E-state index in [-0.39, 0.29) is 6.54 Å². The molecule has 0 saturated carbocycles. The molecule has 1 heterocycles. The Kier molecular flexibility index (Phi) is 2.26. The molecule has 1 atom stereocenters. The fourth-order valence-electron chi connectivity index (χ4n) is 1.08. The quantitative estimate of drug-likeness (QED) is 0.645. The van der Waals surface area contributed by atoms with E-state index >= 15 is 0 Å². The summed E-state index contributed by atoms with van der Waals surface area (Å²) in [6.07, 6.45) is -0.652. The standard InChI is InChI=1S/C7H12N2O2/c1-4-7(6(10)3-8)5(2)11-9-4/h6,10H,3,8H2,1-2H3. The summed E-state index contributed by atoms with van der Waals surface area (Å²) < 4.78 is 4.85. The summed E-state index contributed by atoms with van der Waals surface area (Å²) in [6.45, 7) is 3.74. The highest BCUT2D eigenvalue weighted by atomic mass is 16.5. The molecule has 0 aliphatic carbocycles. The lowest BCUT2D eigenvalue weighted by Crippen LogP contribution is -2.12. The van der Waals surface area contributed by atoms with Gasteiger partial charge < -0.3 is 15.4 Å². The summed E-state index contributed by atoms with van der Waals surface area (Å²) >= 11 is 0. The maximum Gasteiger partial charge on any atom is 0.139 e. The zero-order chi connectivity index (χ0) is 8.43. The van der Waals surface area contributed by atoms with E-state index in [9.17, 15) is 5.11 Å². The molecular weight excluding hydrogens is 144 g/mol. The summed E-state index contributed by atoms with van der Waals surface area (Å²) in [7, 11) is 0. The van der Waals surface area contributed by atoms with Gasteiger partial charge >= 0.3 is 0 Å². The number of aliphatic hydroxyl groups excluding tert-OH is 1. The van der Waals surface area contributed by atoms with Gasteiger partial charge in [0.05, 0.1) is 11.8 Å². The van der Waals surface area contributed by atoms with Gasteiger partial charge in [-0.2, -0.15) is 0 Å². The van der Waals surface area contributed by atoms with E-state index in [1.54, 1.807) is 13.8 Å². The number of rotatable bonds is 2. The number of aliphatic hydroxyl groups is 1. The van der Waals surface area contributed by atoms with E-state index in [2.05, 4.69) is 5.16 Å². The molecule has 0 aliphatic rings. The summed E-state index contributed by atoms with van der Waals surface area (Å²) in [4.78, 5) is 0. The third-order valence-electron chi connectivity index (χ3n) is 1.65. The van der Waals surface area contributed by atoms with E-state index in [0.29, 0.717) is 17.0 Å². The highest BCUT2D eigenvalue weighted by Crippen LogP contribution is 2.19. The van der Waals surface area contributed by atoms with E-state index in [0.717, 1.165) is 0 Å². The molecule has 3 N–H and O–H groups in total. The van der Waals surface area contributed by atoms with Crippen molar-refractivity contribution in [1.29, 1.82) is 0 Å². The molecule has 0 aliphatic heterocycles. The molecule has 0 spiro atoms. The molecule has 1 unspecified atom stereocenters. The molecule has 0 aromatic carbocycles. The predicted molar refractivity (Wildman–Crippen MR) is 40.0 cm³/mol. The molecule has 11 heavy (non-hydrogen) atoms. The van der Waals surface area contributed by atoms with Crippen LogP contribution >= 0.6 is 0 Å². The van der Waals surface area contributed by atoms with Crippen molar-refractivity contribution in [3.05, 3.63) is 17.0 Å². The van der Waals surface area contributed by atoms with Gasteiger partial charge in [0.25, 0.3) is 0 Å². The van der Waals surface area contributed by atoms with E-state index < -0.39 is 6.10 Å². The second kappa shape index (κ2) is 3.02. The Balaban J connectivity index is 3.00. The van der Waals surface area contributed by atoms with Gasteiger partial charge in [-0.3, -0.25) is 0 Å². The van der Waals surface area contributed by atoms with Crippen LogP contribution in [-0.2, 0) is 0 Å². The van der Waals surface area contributed by atoms with Crippen LogP contribution < -0.4 is 5.73 Å². The van der Waals surface area contributed by atoms with Gasteiger partial charge in [-0.25, -0.2) is 0 Å². The van der Waals surface area contributed by atoms with Crippen molar-refractivity contribution in [3.63, 3.8) is 0 Å². The first kappa shape index (κ1) is 8.23. The summed E-state index contributed by atoms with van der Waals surface area (Å²) in [6, 6.07) is 0. The minimum Gasteiger partial charge on any atom is -0.387 e.